The number of carbonyl (C=O) groups is 1. The lowest BCUT2D eigenvalue weighted by atomic mass is 10.3. The van der Waals surface area contributed by atoms with Crippen molar-refractivity contribution in [3.63, 3.8) is 0 Å². The molecule has 0 heterocycles. The average Bonchev–Trinajstić information content (AvgIpc) is 1.86. The van der Waals surface area contributed by atoms with Crippen LogP contribution in [0.15, 0.2) is 17.3 Å². The molecule has 0 N–H and O–H groups in total. The highest BCUT2D eigenvalue weighted by molar-refractivity contribution is 6.35. The first-order valence-corrected chi connectivity index (χ1v) is 2.82. The number of allylic oxidation sites excluding steroid dienone is 1. The second-order valence-electron chi connectivity index (χ2n) is 1.52. The van der Waals surface area contributed by atoms with E-state index in [1.54, 1.807) is 0 Å². The molecule has 0 rings (SSSR count). The molecule has 10 heavy (non-hydrogen) atoms. The molecule has 0 aromatic heterocycles. The molecule has 5 heteroatoms. The zero-order valence-corrected chi connectivity index (χ0v) is 5.93. The zero-order valence-electron chi connectivity index (χ0n) is 5.17. The van der Waals surface area contributed by atoms with Crippen LogP contribution in [-0.4, -0.2) is 11.0 Å². The SMILES string of the molecule is C/C=C/C(F)(Cl)C(=O)N=O. The Morgan fingerprint density at radius 2 is 2.30 bits per heavy atom. The average molecular weight is 166 g/mol. The van der Waals surface area contributed by atoms with Gasteiger partial charge in [-0.15, -0.1) is 4.91 Å². The van der Waals surface area contributed by atoms with Gasteiger partial charge >= 0.3 is 5.91 Å². The Bertz CT molecular complexity index is 178. The highest BCUT2D eigenvalue weighted by Crippen LogP contribution is 2.20. The van der Waals surface area contributed by atoms with Crippen LogP contribution in [-0.2, 0) is 4.79 Å². The molecule has 0 saturated heterocycles. The summed E-state index contributed by atoms with van der Waals surface area (Å²) in [6, 6.07) is 0. The predicted molar refractivity (Wildman–Crippen MR) is 35.3 cm³/mol. The quantitative estimate of drug-likeness (QED) is 0.356. The van der Waals surface area contributed by atoms with Crippen LogP contribution >= 0.6 is 11.6 Å². The lowest BCUT2D eigenvalue weighted by molar-refractivity contribution is -0.122. The Morgan fingerprint density at radius 3 is 2.60 bits per heavy atom. The van der Waals surface area contributed by atoms with Crippen LogP contribution in [0.2, 0.25) is 0 Å². The van der Waals surface area contributed by atoms with E-state index in [1.165, 1.54) is 13.0 Å². The van der Waals surface area contributed by atoms with Crippen molar-refractivity contribution in [2.24, 2.45) is 5.18 Å². The maximum atomic E-state index is 12.5. The summed E-state index contributed by atoms with van der Waals surface area (Å²) < 4.78 is 12.5. The van der Waals surface area contributed by atoms with Crippen molar-refractivity contribution < 1.29 is 9.18 Å². The van der Waals surface area contributed by atoms with Crippen molar-refractivity contribution in [1.29, 1.82) is 0 Å². The predicted octanol–water partition coefficient (Wildman–Crippen LogP) is 1.76. The molecular formula is C5H5ClFNO2. The Hall–Kier alpha value is -0.770. The van der Waals surface area contributed by atoms with Crippen LogP contribution in [0.3, 0.4) is 0 Å². The molecule has 0 spiro atoms. The number of alkyl halides is 2. The highest BCUT2D eigenvalue weighted by Gasteiger charge is 2.33. The van der Waals surface area contributed by atoms with Crippen LogP contribution in [0, 0.1) is 4.91 Å². The third-order valence-corrected chi connectivity index (χ3v) is 1.03. The molecular weight excluding hydrogens is 161 g/mol. The molecule has 0 fully saturated rings. The van der Waals surface area contributed by atoms with E-state index in [0.717, 1.165) is 6.08 Å². The van der Waals surface area contributed by atoms with E-state index in [2.05, 4.69) is 0 Å². The van der Waals surface area contributed by atoms with Gasteiger partial charge in [0.15, 0.2) is 0 Å². The number of hydrogen-bond acceptors (Lipinski definition) is 2. The van der Waals surface area contributed by atoms with E-state index in [-0.39, 0.29) is 0 Å². The number of nitroso groups, excluding NO2 is 1. The number of amides is 1. The van der Waals surface area contributed by atoms with Gasteiger partial charge in [-0.05, 0) is 13.0 Å². The van der Waals surface area contributed by atoms with Gasteiger partial charge in [0.25, 0.3) is 5.13 Å². The number of nitrogens with zero attached hydrogens (tertiary/aromatic N) is 1. The monoisotopic (exact) mass is 165 g/mol. The fraction of sp³-hybridized carbons (Fsp3) is 0.400. The Morgan fingerprint density at radius 1 is 1.80 bits per heavy atom. The van der Waals surface area contributed by atoms with Crippen molar-refractivity contribution in [1.82, 2.24) is 0 Å². The van der Waals surface area contributed by atoms with Gasteiger partial charge in [0.2, 0.25) is 0 Å². The molecule has 0 aliphatic carbocycles. The van der Waals surface area contributed by atoms with E-state index in [4.69, 9.17) is 11.6 Å². The maximum Gasteiger partial charge on any atom is 0.342 e. The van der Waals surface area contributed by atoms with E-state index in [9.17, 15) is 14.1 Å². The molecule has 56 valence electrons. The smallest absolute Gasteiger partial charge is 0.263 e. The first-order chi connectivity index (χ1) is 4.54. The minimum absolute atomic E-state index is 0.748. The van der Waals surface area contributed by atoms with Crippen molar-refractivity contribution in [2.45, 2.75) is 12.1 Å². The van der Waals surface area contributed by atoms with Crippen molar-refractivity contribution >= 4 is 17.5 Å². The zero-order chi connectivity index (χ0) is 8.20. The minimum Gasteiger partial charge on any atom is -0.263 e. The van der Waals surface area contributed by atoms with E-state index in [1.807, 2.05) is 5.18 Å². The highest BCUT2D eigenvalue weighted by atomic mass is 35.5. The van der Waals surface area contributed by atoms with Crippen molar-refractivity contribution in [3.8, 4) is 0 Å². The molecule has 0 radical (unpaired) electrons. The topological polar surface area (TPSA) is 46.5 Å². The van der Waals surface area contributed by atoms with Gasteiger partial charge in [0.1, 0.15) is 0 Å². The second-order valence-corrected chi connectivity index (χ2v) is 2.07. The lowest BCUT2D eigenvalue weighted by Crippen LogP contribution is -2.21. The largest absolute Gasteiger partial charge is 0.342 e. The molecule has 3 nitrogen and oxygen atoms in total. The van der Waals surface area contributed by atoms with Gasteiger partial charge in [-0.2, -0.15) is 0 Å². The standard InChI is InChI=1S/C5H5ClFNO2/c1-2-3-5(6,7)4(9)8-10/h2-3H,1H3/b3-2+. The summed E-state index contributed by atoms with van der Waals surface area (Å²) in [4.78, 5) is 19.7. The number of carbonyl (C=O) groups excluding carboxylic acids is 1. The number of rotatable bonds is 2. The summed E-state index contributed by atoms with van der Waals surface area (Å²) in [6.07, 6.45) is 1.97. The molecule has 0 aromatic rings. The van der Waals surface area contributed by atoms with Crippen LogP contribution in [0.25, 0.3) is 0 Å². The summed E-state index contributed by atoms with van der Waals surface area (Å²) in [5, 5.41) is -0.936. The van der Waals surface area contributed by atoms with Crippen molar-refractivity contribution in [2.75, 3.05) is 0 Å². The lowest BCUT2D eigenvalue weighted by Gasteiger charge is -2.03. The third kappa shape index (κ3) is 2.23. The summed E-state index contributed by atoms with van der Waals surface area (Å²) in [5.74, 6) is -1.53. The first kappa shape index (κ1) is 9.23. The maximum absolute atomic E-state index is 12.5. The van der Waals surface area contributed by atoms with Gasteiger partial charge in [-0.1, -0.05) is 17.7 Å². The summed E-state index contributed by atoms with van der Waals surface area (Å²) >= 11 is 4.89. The second kappa shape index (κ2) is 3.41. The van der Waals surface area contributed by atoms with Crippen LogP contribution in [0.4, 0.5) is 4.39 Å². The van der Waals surface area contributed by atoms with E-state index < -0.39 is 11.0 Å². The molecule has 0 bridgehead atoms. The fourth-order valence-corrected chi connectivity index (χ4v) is 0.502. The summed E-state index contributed by atoms with van der Waals surface area (Å²) in [5.41, 5.74) is 0. The molecule has 1 atom stereocenters. The van der Waals surface area contributed by atoms with Gasteiger partial charge in [0, 0.05) is 5.18 Å². The van der Waals surface area contributed by atoms with Crippen LogP contribution in [0.5, 0.6) is 0 Å². The fourth-order valence-electron chi connectivity index (χ4n) is 0.341. The van der Waals surface area contributed by atoms with Gasteiger partial charge in [-0.25, -0.2) is 4.39 Å². The number of halogens is 2. The molecule has 0 saturated carbocycles. The van der Waals surface area contributed by atoms with Crippen LogP contribution < -0.4 is 0 Å². The summed E-state index contributed by atoms with van der Waals surface area (Å²) in [6.45, 7) is 1.47. The molecule has 1 amide bonds. The Kier molecular flexibility index (Phi) is 3.15. The molecule has 0 aliphatic heterocycles. The third-order valence-electron chi connectivity index (χ3n) is 0.744. The van der Waals surface area contributed by atoms with Crippen LogP contribution in [0.1, 0.15) is 6.92 Å². The van der Waals surface area contributed by atoms with Gasteiger partial charge in [-0.3, -0.25) is 4.79 Å². The Balaban J connectivity index is 4.38. The number of hydrogen-bond donors (Lipinski definition) is 0. The van der Waals surface area contributed by atoms with Gasteiger partial charge in [0.05, 0.1) is 0 Å². The van der Waals surface area contributed by atoms with Gasteiger partial charge < -0.3 is 0 Å². The summed E-state index contributed by atoms with van der Waals surface area (Å²) in [7, 11) is 0. The van der Waals surface area contributed by atoms with Crippen molar-refractivity contribution in [3.05, 3.63) is 17.1 Å². The molecule has 0 aliphatic rings. The van der Waals surface area contributed by atoms with E-state index in [0.29, 0.717) is 0 Å². The normalized spacial score (nSPS) is 16.7. The molecule has 1 unspecified atom stereocenters. The first-order valence-electron chi connectivity index (χ1n) is 2.44. The van der Waals surface area contributed by atoms with E-state index >= 15 is 0 Å². The molecule has 0 aromatic carbocycles. The Labute approximate surface area is 61.8 Å². The minimum atomic E-state index is -2.77.